The van der Waals surface area contributed by atoms with E-state index in [-0.39, 0.29) is 12.8 Å². The number of ether oxygens (including phenoxy) is 1. The van der Waals surface area contributed by atoms with Crippen LogP contribution in [0.3, 0.4) is 0 Å². The minimum absolute atomic E-state index is 0.131. The first kappa shape index (κ1) is 12.6. The molecule has 1 aliphatic rings. The molecule has 0 aromatic heterocycles. The van der Waals surface area contributed by atoms with Gasteiger partial charge in [0.25, 0.3) is 0 Å². The molecule has 0 bridgehead atoms. The Morgan fingerprint density at radius 3 is 2.75 bits per heavy atom. The lowest BCUT2D eigenvalue weighted by Gasteiger charge is -2.21. The molecule has 0 aliphatic heterocycles. The van der Waals surface area contributed by atoms with Crippen molar-refractivity contribution in [3.63, 3.8) is 0 Å². The van der Waals surface area contributed by atoms with Crippen molar-refractivity contribution in [3.8, 4) is 0 Å². The Morgan fingerprint density at radius 1 is 1.50 bits per heavy atom. The Kier molecular flexibility index (Phi) is 4.43. The third-order valence-corrected chi connectivity index (χ3v) is 2.67. The second kappa shape index (κ2) is 5.61. The van der Waals surface area contributed by atoms with Gasteiger partial charge < -0.3 is 14.9 Å². The van der Waals surface area contributed by atoms with Crippen molar-refractivity contribution in [1.82, 2.24) is 0 Å². The molecule has 4 atom stereocenters. The summed E-state index contributed by atoms with van der Waals surface area (Å²) in [5.74, 6) is 0.463. The third kappa shape index (κ3) is 2.79. The summed E-state index contributed by atoms with van der Waals surface area (Å²) >= 11 is 0. The Hall–Kier alpha value is -1.42. The average molecular weight is 226 g/mol. The van der Waals surface area contributed by atoms with Gasteiger partial charge in [-0.15, -0.1) is 0 Å². The standard InChI is InChI=1S/C11H14O5/c1-2-10(15)16-11-7(4-3-5-12)8(13)6-9(11)14/h2-3,7-9,11,13-14H,1,4,6H2. The van der Waals surface area contributed by atoms with Crippen molar-refractivity contribution in [2.75, 3.05) is 0 Å². The van der Waals surface area contributed by atoms with E-state index < -0.39 is 30.2 Å². The van der Waals surface area contributed by atoms with Gasteiger partial charge in [0.2, 0.25) is 0 Å². The van der Waals surface area contributed by atoms with E-state index in [1.54, 1.807) is 5.94 Å². The Balaban J connectivity index is 2.72. The first-order chi connectivity index (χ1) is 7.60. The molecule has 88 valence electrons. The van der Waals surface area contributed by atoms with Gasteiger partial charge in [0, 0.05) is 24.5 Å². The van der Waals surface area contributed by atoms with Crippen LogP contribution in [0.2, 0.25) is 0 Å². The quantitative estimate of drug-likeness (QED) is 0.387. The lowest BCUT2D eigenvalue weighted by atomic mass is 9.99. The van der Waals surface area contributed by atoms with E-state index in [4.69, 9.17) is 4.74 Å². The van der Waals surface area contributed by atoms with Gasteiger partial charge in [-0.25, -0.2) is 9.59 Å². The second-order valence-corrected chi connectivity index (χ2v) is 3.70. The van der Waals surface area contributed by atoms with Crippen molar-refractivity contribution >= 4 is 11.9 Å². The number of hydrogen-bond donors (Lipinski definition) is 2. The SMILES string of the molecule is C=CC(=O)OC1C(O)CC(O)C1CC=C=O. The zero-order chi connectivity index (χ0) is 12.1. The highest BCUT2D eigenvalue weighted by molar-refractivity contribution is 5.81. The van der Waals surface area contributed by atoms with Crippen LogP contribution >= 0.6 is 0 Å². The zero-order valence-corrected chi connectivity index (χ0v) is 8.70. The Labute approximate surface area is 93.0 Å². The minimum atomic E-state index is -0.913. The number of aliphatic hydroxyl groups is 2. The summed E-state index contributed by atoms with van der Waals surface area (Å²) in [5.41, 5.74) is 0. The van der Waals surface area contributed by atoms with Crippen molar-refractivity contribution < 1.29 is 24.5 Å². The molecule has 0 heterocycles. The molecule has 1 rings (SSSR count). The van der Waals surface area contributed by atoms with Gasteiger partial charge in [-0.3, -0.25) is 0 Å². The monoisotopic (exact) mass is 226 g/mol. The van der Waals surface area contributed by atoms with E-state index in [0.717, 1.165) is 6.08 Å². The van der Waals surface area contributed by atoms with Gasteiger partial charge in [-0.1, -0.05) is 6.58 Å². The van der Waals surface area contributed by atoms with Gasteiger partial charge in [-0.2, -0.15) is 0 Å². The van der Waals surface area contributed by atoms with Crippen LogP contribution in [0.5, 0.6) is 0 Å². The molecule has 0 amide bonds. The first-order valence-corrected chi connectivity index (χ1v) is 4.98. The summed E-state index contributed by atoms with van der Waals surface area (Å²) in [5, 5.41) is 19.2. The van der Waals surface area contributed by atoms with E-state index in [1.807, 2.05) is 0 Å². The molecule has 1 fully saturated rings. The minimum Gasteiger partial charge on any atom is -0.456 e. The highest BCUT2D eigenvalue weighted by Gasteiger charge is 2.43. The van der Waals surface area contributed by atoms with Crippen LogP contribution in [0.25, 0.3) is 0 Å². The van der Waals surface area contributed by atoms with Crippen LogP contribution in [0.1, 0.15) is 12.8 Å². The lowest BCUT2D eigenvalue weighted by molar-refractivity contribution is -0.150. The van der Waals surface area contributed by atoms with E-state index in [9.17, 15) is 19.8 Å². The fourth-order valence-electron chi connectivity index (χ4n) is 1.88. The Bertz CT molecular complexity index is 318. The number of carbonyl (C=O) groups excluding carboxylic acids is 2. The predicted molar refractivity (Wildman–Crippen MR) is 55.1 cm³/mol. The molecule has 4 unspecified atom stereocenters. The highest BCUT2D eigenvalue weighted by atomic mass is 16.6. The van der Waals surface area contributed by atoms with Gasteiger partial charge in [0.1, 0.15) is 12.0 Å². The fraction of sp³-hybridized carbons (Fsp3) is 0.545. The molecular formula is C11H14O5. The summed E-state index contributed by atoms with van der Waals surface area (Å²) < 4.78 is 4.94. The molecule has 16 heavy (non-hydrogen) atoms. The summed E-state index contributed by atoms with van der Waals surface area (Å²) in [4.78, 5) is 21.1. The maximum Gasteiger partial charge on any atom is 0.330 e. The number of carbonyl (C=O) groups is 1. The van der Waals surface area contributed by atoms with Crippen molar-refractivity contribution in [3.05, 3.63) is 18.7 Å². The predicted octanol–water partition coefficient (Wildman–Crippen LogP) is -0.396. The summed E-state index contributed by atoms with van der Waals surface area (Å²) in [6, 6.07) is 0. The molecule has 5 nitrogen and oxygen atoms in total. The molecule has 1 saturated carbocycles. The number of allylic oxidation sites excluding steroid dienone is 1. The normalized spacial score (nSPS) is 32.9. The first-order valence-electron chi connectivity index (χ1n) is 4.98. The number of rotatable bonds is 4. The third-order valence-electron chi connectivity index (χ3n) is 2.67. The zero-order valence-electron chi connectivity index (χ0n) is 8.70. The maximum absolute atomic E-state index is 11.0. The van der Waals surface area contributed by atoms with Gasteiger partial charge in [0.05, 0.1) is 12.2 Å². The van der Waals surface area contributed by atoms with Crippen LogP contribution in [0.15, 0.2) is 18.7 Å². The molecule has 0 aromatic rings. The second-order valence-electron chi connectivity index (χ2n) is 3.70. The Morgan fingerprint density at radius 2 is 2.19 bits per heavy atom. The molecule has 0 saturated heterocycles. The van der Waals surface area contributed by atoms with Crippen molar-refractivity contribution in [1.29, 1.82) is 0 Å². The molecule has 0 radical (unpaired) electrons. The molecule has 2 N–H and O–H groups in total. The summed E-state index contributed by atoms with van der Waals surface area (Å²) in [6.45, 7) is 3.25. The maximum atomic E-state index is 11.0. The highest BCUT2D eigenvalue weighted by Crippen LogP contribution is 2.32. The van der Waals surface area contributed by atoms with Gasteiger partial charge in [-0.05, 0) is 6.42 Å². The van der Waals surface area contributed by atoms with E-state index >= 15 is 0 Å². The van der Waals surface area contributed by atoms with Gasteiger partial charge in [0.15, 0.2) is 0 Å². The average Bonchev–Trinajstić information content (AvgIpc) is 2.51. The number of aliphatic hydroxyl groups excluding tert-OH is 2. The molecule has 5 heteroatoms. The fourth-order valence-corrected chi connectivity index (χ4v) is 1.88. The van der Waals surface area contributed by atoms with E-state index in [2.05, 4.69) is 6.58 Å². The lowest BCUT2D eigenvalue weighted by Crippen LogP contribution is -2.32. The summed E-state index contributed by atoms with van der Waals surface area (Å²) in [6.07, 6.45) is 0.0461. The van der Waals surface area contributed by atoms with Crippen LogP contribution in [0, 0.1) is 5.92 Å². The molecule has 0 spiro atoms. The summed E-state index contributed by atoms with van der Waals surface area (Å²) in [7, 11) is 0. The van der Waals surface area contributed by atoms with Crippen LogP contribution < -0.4 is 0 Å². The van der Waals surface area contributed by atoms with Gasteiger partial charge >= 0.3 is 5.97 Å². The van der Waals surface area contributed by atoms with Crippen LogP contribution in [-0.2, 0) is 14.3 Å². The van der Waals surface area contributed by atoms with E-state index in [1.165, 1.54) is 6.08 Å². The number of hydrogen-bond acceptors (Lipinski definition) is 5. The van der Waals surface area contributed by atoms with Crippen molar-refractivity contribution in [2.45, 2.75) is 31.2 Å². The smallest absolute Gasteiger partial charge is 0.330 e. The molecule has 1 aliphatic carbocycles. The largest absolute Gasteiger partial charge is 0.456 e. The van der Waals surface area contributed by atoms with E-state index in [0.29, 0.717) is 0 Å². The topological polar surface area (TPSA) is 83.8 Å². The van der Waals surface area contributed by atoms with Crippen LogP contribution in [0.4, 0.5) is 0 Å². The molecule has 0 aromatic carbocycles. The van der Waals surface area contributed by atoms with Crippen LogP contribution in [-0.4, -0.2) is 40.4 Å². The molecular weight excluding hydrogens is 212 g/mol. The van der Waals surface area contributed by atoms with Crippen molar-refractivity contribution in [2.24, 2.45) is 5.92 Å². The number of esters is 1.